The van der Waals surface area contributed by atoms with E-state index < -0.39 is 34.8 Å². The van der Waals surface area contributed by atoms with Gasteiger partial charge in [0.05, 0.1) is 0 Å². The molecule has 1 rings (SSSR count). The van der Waals surface area contributed by atoms with Crippen LogP contribution in [0.2, 0.25) is 0 Å². The van der Waals surface area contributed by atoms with Gasteiger partial charge in [0.1, 0.15) is 5.75 Å². The highest BCUT2D eigenvalue weighted by Crippen LogP contribution is 2.28. The summed E-state index contributed by atoms with van der Waals surface area (Å²) in [5.74, 6) is -5.16. The van der Waals surface area contributed by atoms with Crippen LogP contribution in [0.25, 0.3) is 0 Å². The SMILES string of the molecule is C[C@H](N)c1c(O)cc(F)c(F)c1F.Cl. The second-order valence-corrected chi connectivity index (χ2v) is 2.71. The largest absolute Gasteiger partial charge is 0.507 e. The molecule has 0 saturated heterocycles. The minimum absolute atomic E-state index is 0. The van der Waals surface area contributed by atoms with Gasteiger partial charge in [-0.15, -0.1) is 12.4 Å². The van der Waals surface area contributed by atoms with E-state index in [9.17, 15) is 13.2 Å². The van der Waals surface area contributed by atoms with Gasteiger partial charge in [-0.05, 0) is 6.92 Å². The first kappa shape index (κ1) is 13.1. The maximum Gasteiger partial charge on any atom is 0.195 e. The Bertz CT molecular complexity index is 344. The lowest BCUT2D eigenvalue weighted by molar-refractivity contribution is 0.403. The third-order valence-electron chi connectivity index (χ3n) is 1.63. The quantitative estimate of drug-likeness (QED) is 0.723. The van der Waals surface area contributed by atoms with Crippen molar-refractivity contribution >= 4 is 12.4 Å². The second kappa shape index (κ2) is 4.52. The molecule has 6 heteroatoms. The fourth-order valence-electron chi connectivity index (χ4n) is 1.03. The van der Waals surface area contributed by atoms with Crippen molar-refractivity contribution in [3.63, 3.8) is 0 Å². The maximum absolute atomic E-state index is 12.9. The van der Waals surface area contributed by atoms with Crippen LogP contribution in [0, 0.1) is 17.5 Å². The van der Waals surface area contributed by atoms with Gasteiger partial charge in [0.15, 0.2) is 17.5 Å². The molecule has 1 atom stereocenters. The lowest BCUT2D eigenvalue weighted by Gasteiger charge is -2.10. The molecule has 0 fully saturated rings. The number of aromatic hydroxyl groups is 1. The van der Waals surface area contributed by atoms with E-state index in [0.717, 1.165) is 0 Å². The van der Waals surface area contributed by atoms with Crippen molar-refractivity contribution in [1.29, 1.82) is 0 Å². The fraction of sp³-hybridized carbons (Fsp3) is 0.250. The van der Waals surface area contributed by atoms with Crippen LogP contribution in [0.3, 0.4) is 0 Å². The number of nitrogens with two attached hydrogens (primary N) is 1. The number of phenols is 1. The summed E-state index contributed by atoms with van der Waals surface area (Å²) in [4.78, 5) is 0. The second-order valence-electron chi connectivity index (χ2n) is 2.71. The van der Waals surface area contributed by atoms with Gasteiger partial charge in [-0.3, -0.25) is 0 Å². The van der Waals surface area contributed by atoms with Gasteiger partial charge in [-0.1, -0.05) is 0 Å². The lowest BCUT2D eigenvalue weighted by atomic mass is 10.1. The highest BCUT2D eigenvalue weighted by atomic mass is 35.5. The van der Waals surface area contributed by atoms with Gasteiger partial charge in [0, 0.05) is 17.7 Å². The Hall–Kier alpha value is -0.940. The van der Waals surface area contributed by atoms with E-state index in [2.05, 4.69) is 0 Å². The van der Waals surface area contributed by atoms with Crippen molar-refractivity contribution in [2.45, 2.75) is 13.0 Å². The number of hydrogen-bond acceptors (Lipinski definition) is 2. The third-order valence-corrected chi connectivity index (χ3v) is 1.63. The summed E-state index contributed by atoms with van der Waals surface area (Å²) in [5, 5.41) is 9.04. The Morgan fingerprint density at radius 2 is 1.79 bits per heavy atom. The molecular weight excluding hydrogens is 219 g/mol. The van der Waals surface area contributed by atoms with E-state index >= 15 is 0 Å². The van der Waals surface area contributed by atoms with Crippen LogP contribution in [0.1, 0.15) is 18.5 Å². The molecule has 0 radical (unpaired) electrons. The van der Waals surface area contributed by atoms with Crippen molar-refractivity contribution in [3.8, 4) is 5.75 Å². The third kappa shape index (κ3) is 2.10. The van der Waals surface area contributed by atoms with Crippen LogP contribution in [0.5, 0.6) is 5.75 Å². The molecule has 0 aliphatic carbocycles. The van der Waals surface area contributed by atoms with E-state index in [4.69, 9.17) is 10.8 Å². The van der Waals surface area contributed by atoms with Crippen LogP contribution in [-0.4, -0.2) is 5.11 Å². The standard InChI is InChI=1S/C8H8F3NO.ClH/c1-3(12)6-5(13)2-4(9)7(10)8(6)11;/h2-3,13H,12H2,1H3;1H/t3-;/m0./s1. The van der Waals surface area contributed by atoms with Crippen LogP contribution >= 0.6 is 12.4 Å². The number of hydrogen-bond donors (Lipinski definition) is 2. The first-order valence-corrected chi connectivity index (χ1v) is 3.57. The van der Waals surface area contributed by atoms with Gasteiger partial charge >= 0.3 is 0 Å². The molecule has 0 spiro atoms. The molecular formula is C8H9ClF3NO. The smallest absolute Gasteiger partial charge is 0.195 e. The Balaban J connectivity index is 0.00000169. The van der Waals surface area contributed by atoms with Crippen molar-refractivity contribution in [1.82, 2.24) is 0 Å². The van der Waals surface area contributed by atoms with E-state index in [1.807, 2.05) is 0 Å². The molecule has 0 aliphatic heterocycles. The Morgan fingerprint density at radius 3 is 2.21 bits per heavy atom. The minimum Gasteiger partial charge on any atom is -0.507 e. The molecule has 0 aromatic heterocycles. The molecule has 80 valence electrons. The first-order valence-electron chi connectivity index (χ1n) is 3.57. The fourth-order valence-corrected chi connectivity index (χ4v) is 1.03. The molecule has 0 unspecified atom stereocenters. The summed E-state index contributed by atoms with van der Waals surface area (Å²) in [6.07, 6.45) is 0. The molecule has 0 heterocycles. The van der Waals surface area contributed by atoms with Gasteiger partial charge < -0.3 is 10.8 Å². The summed E-state index contributed by atoms with van der Waals surface area (Å²) in [7, 11) is 0. The van der Waals surface area contributed by atoms with E-state index in [1.54, 1.807) is 0 Å². The number of rotatable bonds is 1. The molecule has 3 N–H and O–H groups in total. The summed E-state index contributed by atoms with van der Waals surface area (Å²) in [6, 6.07) is -0.396. The molecule has 1 aromatic carbocycles. The summed E-state index contributed by atoms with van der Waals surface area (Å²) < 4.78 is 38.0. The first-order chi connectivity index (χ1) is 5.95. The topological polar surface area (TPSA) is 46.2 Å². The van der Waals surface area contributed by atoms with Crippen LogP contribution in [-0.2, 0) is 0 Å². The highest BCUT2D eigenvalue weighted by molar-refractivity contribution is 5.85. The van der Waals surface area contributed by atoms with Crippen LogP contribution < -0.4 is 5.73 Å². The summed E-state index contributed by atoms with van der Waals surface area (Å²) >= 11 is 0. The van der Waals surface area contributed by atoms with E-state index in [0.29, 0.717) is 6.07 Å². The van der Waals surface area contributed by atoms with Crippen LogP contribution in [0.4, 0.5) is 13.2 Å². The monoisotopic (exact) mass is 227 g/mol. The molecule has 0 saturated carbocycles. The zero-order chi connectivity index (χ0) is 10.2. The summed E-state index contributed by atoms with van der Waals surface area (Å²) in [5.41, 5.74) is 4.83. The Labute approximate surface area is 84.9 Å². The molecule has 0 amide bonds. The number of benzene rings is 1. The normalized spacial score (nSPS) is 12.1. The Morgan fingerprint density at radius 1 is 1.29 bits per heavy atom. The molecule has 14 heavy (non-hydrogen) atoms. The van der Waals surface area contributed by atoms with Crippen molar-refractivity contribution in [2.24, 2.45) is 5.73 Å². The maximum atomic E-state index is 12.9. The molecule has 0 bridgehead atoms. The van der Waals surface area contributed by atoms with Crippen molar-refractivity contribution < 1.29 is 18.3 Å². The predicted octanol–water partition coefficient (Wildman–Crippen LogP) is 2.25. The molecule has 1 aromatic rings. The average molecular weight is 228 g/mol. The predicted molar refractivity (Wildman–Crippen MR) is 47.8 cm³/mol. The Kier molecular flexibility index (Phi) is 4.22. The molecule has 2 nitrogen and oxygen atoms in total. The minimum atomic E-state index is -1.62. The van der Waals surface area contributed by atoms with E-state index in [-0.39, 0.29) is 12.4 Å². The lowest BCUT2D eigenvalue weighted by Crippen LogP contribution is -2.10. The van der Waals surface area contributed by atoms with Crippen LogP contribution in [0.15, 0.2) is 6.07 Å². The molecule has 0 aliphatic rings. The van der Waals surface area contributed by atoms with Crippen molar-refractivity contribution in [2.75, 3.05) is 0 Å². The van der Waals surface area contributed by atoms with Gasteiger partial charge in [0.2, 0.25) is 0 Å². The van der Waals surface area contributed by atoms with Gasteiger partial charge in [-0.25, -0.2) is 13.2 Å². The van der Waals surface area contributed by atoms with Crippen molar-refractivity contribution in [3.05, 3.63) is 29.1 Å². The van der Waals surface area contributed by atoms with Gasteiger partial charge in [-0.2, -0.15) is 0 Å². The number of halogens is 4. The van der Waals surface area contributed by atoms with Gasteiger partial charge in [0.25, 0.3) is 0 Å². The number of phenolic OH excluding ortho intramolecular Hbond substituents is 1. The zero-order valence-corrected chi connectivity index (χ0v) is 8.04. The average Bonchev–Trinajstić information content (AvgIpc) is 1.99. The zero-order valence-electron chi connectivity index (χ0n) is 7.22. The summed E-state index contributed by atoms with van der Waals surface area (Å²) in [6.45, 7) is 1.36. The van der Waals surface area contributed by atoms with E-state index in [1.165, 1.54) is 6.92 Å². The highest BCUT2D eigenvalue weighted by Gasteiger charge is 2.20.